The van der Waals surface area contributed by atoms with Gasteiger partial charge in [0.2, 0.25) is 0 Å². The summed E-state index contributed by atoms with van der Waals surface area (Å²) >= 11 is 0. The molecule has 0 aromatic carbocycles. The van der Waals surface area contributed by atoms with Gasteiger partial charge in [-0.25, -0.2) is 0 Å². The maximum absolute atomic E-state index is 12.9. The molecule has 0 radical (unpaired) electrons. The van der Waals surface area contributed by atoms with Crippen LogP contribution in [0.5, 0.6) is 0 Å². The number of hydrogen-bond donors (Lipinski definition) is 5. The van der Waals surface area contributed by atoms with Crippen LogP contribution in [-0.4, -0.2) is 68.0 Å². The molecule has 9 heteroatoms. The second-order valence-electron chi connectivity index (χ2n) is 8.51. The molecule has 2 rings (SSSR count). The Morgan fingerprint density at radius 3 is 2.66 bits per heavy atom. The van der Waals surface area contributed by atoms with E-state index in [1.165, 1.54) is 6.20 Å². The van der Waals surface area contributed by atoms with E-state index in [1.807, 2.05) is 20.8 Å². The third-order valence-electron chi connectivity index (χ3n) is 6.13. The number of rotatable bonds is 10. The molecule has 2 amide bonds. The van der Waals surface area contributed by atoms with Gasteiger partial charge in [0, 0.05) is 36.3 Å². The molecule has 5 N–H and O–H groups in total. The van der Waals surface area contributed by atoms with Crippen molar-refractivity contribution < 1.29 is 18.7 Å². The Balaban J connectivity index is 2.29. The number of nitrogens with one attached hydrogen (secondary N) is 3. The highest BCUT2D eigenvalue weighted by molar-refractivity contribution is 8.25. The van der Waals surface area contributed by atoms with E-state index in [0.29, 0.717) is 29.8 Å². The number of H-pyrrole nitrogens is 1. The number of nitrogens with zero attached hydrogens (tertiary/aromatic N) is 1. The van der Waals surface area contributed by atoms with Crippen molar-refractivity contribution in [2.45, 2.75) is 46.3 Å². The second kappa shape index (κ2) is 13.5. The number of carbonyl (C=O) groups is 2. The molecule has 0 saturated heterocycles. The van der Waals surface area contributed by atoms with Gasteiger partial charge in [0.1, 0.15) is 0 Å². The number of carbonyl (C=O) groups excluding carboxylic acids is 2. The minimum Gasteiger partial charge on any atom is -0.358 e. The number of aromatic nitrogens is 1. The quantitative estimate of drug-likeness (QED) is 0.240. The maximum atomic E-state index is 12.9. The van der Waals surface area contributed by atoms with Crippen molar-refractivity contribution in [3.8, 4) is 0 Å². The third-order valence-corrected chi connectivity index (χ3v) is 8.13. The first-order valence-electron chi connectivity index (χ1n) is 12.1. The molecular weight excluding hydrogens is 464 g/mol. The predicted molar refractivity (Wildman–Crippen MR) is 146 cm³/mol. The molecule has 1 aliphatic heterocycles. The van der Waals surface area contributed by atoms with E-state index in [2.05, 4.69) is 34.4 Å². The Hall–Kier alpha value is -2.59. The van der Waals surface area contributed by atoms with Gasteiger partial charge in [-0.2, -0.15) is 10.6 Å². The molecule has 2 heterocycles. The summed E-state index contributed by atoms with van der Waals surface area (Å²) in [5.41, 5.74) is 3.05. The zero-order valence-electron chi connectivity index (χ0n) is 21.4. The molecule has 1 unspecified atom stereocenters. The van der Waals surface area contributed by atoms with Crippen molar-refractivity contribution in [3.63, 3.8) is 0 Å². The number of hydrogen-bond acceptors (Lipinski definition) is 5. The van der Waals surface area contributed by atoms with E-state index in [1.54, 1.807) is 36.5 Å². The fourth-order valence-electron chi connectivity index (χ4n) is 3.91. The number of allylic oxidation sites excluding steroid dienone is 2. The van der Waals surface area contributed by atoms with E-state index in [4.69, 9.17) is 0 Å². The van der Waals surface area contributed by atoms with Crippen molar-refractivity contribution in [1.82, 2.24) is 20.5 Å². The Bertz CT molecular complexity index is 1000. The third kappa shape index (κ3) is 7.96. The van der Waals surface area contributed by atoms with Crippen LogP contribution in [0.25, 0.3) is 6.08 Å². The topological polar surface area (TPSA) is 118 Å². The van der Waals surface area contributed by atoms with E-state index in [9.17, 15) is 18.7 Å². The summed E-state index contributed by atoms with van der Waals surface area (Å²) in [6.45, 7) is 12.9. The lowest BCUT2D eigenvalue weighted by Crippen LogP contribution is -2.35. The molecule has 35 heavy (non-hydrogen) atoms. The van der Waals surface area contributed by atoms with Crippen LogP contribution < -0.4 is 10.6 Å². The second-order valence-corrected chi connectivity index (χ2v) is 10.9. The fourth-order valence-corrected chi connectivity index (χ4v) is 5.38. The average molecular weight is 505 g/mol. The minimum atomic E-state index is -2.91. The molecule has 0 bridgehead atoms. The molecule has 1 aromatic rings. The number of likely N-dealkylation sites (N-methyl/N-ethyl adjacent to an activating group) is 1. The van der Waals surface area contributed by atoms with Gasteiger partial charge in [0.05, 0.1) is 16.6 Å². The Kier molecular flexibility index (Phi) is 11.0. The molecule has 1 atom stereocenters. The van der Waals surface area contributed by atoms with E-state index >= 15 is 0 Å². The normalized spacial score (nSPS) is 20.4. The first kappa shape index (κ1) is 28.6. The van der Waals surface area contributed by atoms with Crippen molar-refractivity contribution in [2.75, 3.05) is 31.9 Å². The van der Waals surface area contributed by atoms with Crippen molar-refractivity contribution in [1.29, 1.82) is 0 Å². The van der Waals surface area contributed by atoms with Crippen LogP contribution in [0.2, 0.25) is 0 Å². The van der Waals surface area contributed by atoms with E-state index in [-0.39, 0.29) is 17.6 Å². The van der Waals surface area contributed by atoms with E-state index < -0.39 is 15.8 Å². The predicted octanol–water partition coefficient (Wildman–Crippen LogP) is 4.37. The smallest absolute Gasteiger partial charge is 0.255 e. The van der Waals surface area contributed by atoms with Gasteiger partial charge in [-0.15, -0.1) is 0 Å². The Morgan fingerprint density at radius 2 is 2.00 bits per heavy atom. The lowest BCUT2D eigenvalue weighted by atomic mass is 10.1. The fraction of sp³-hybridized carbons (Fsp3) is 0.462. The first-order chi connectivity index (χ1) is 16.6. The molecule has 1 aromatic heterocycles. The van der Waals surface area contributed by atoms with Gasteiger partial charge < -0.3 is 20.5 Å². The van der Waals surface area contributed by atoms with Gasteiger partial charge >= 0.3 is 0 Å². The Labute approximate surface area is 210 Å². The van der Waals surface area contributed by atoms with Gasteiger partial charge in [0.15, 0.2) is 0 Å². The molecule has 0 fully saturated rings. The van der Waals surface area contributed by atoms with Crippen molar-refractivity contribution in [3.05, 3.63) is 64.7 Å². The van der Waals surface area contributed by atoms with Crippen LogP contribution in [-0.2, 0) is 4.79 Å². The number of amides is 2. The van der Waals surface area contributed by atoms with Gasteiger partial charge in [-0.05, 0) is 51.9 Å². The average Bonchev–Trinajstić information content (AvgIpc) is 3.14. The summed E-state index contributed by atoms with van der Waals surface area (Å²) in [4.78, 5) is 31.1. The molecule has 8 nitrogen and oxygen atoms in total. The molecule has 0 saturated carbocycles. The maximum Gasteiger partial charge on any atom is 0.255 e. The van der Waals surface area contributed by atoms with Crippen LogP contribution in [0, 0.1) is 13.8 Å². The van der Waals surface area contributed by atoms with Crippen molar-refractivity contribution >= 4 is 28.5 Å². The van der Waals surface area contributed by atoms with Crippen LogP contribution in [0.4, 0.5) is 0 Å². The highest BCUT2D eigenvalue weighted by atomic mass is 32.3. The van der Waals surface area contributed by atoms with Gasteiger partial charge in [-0.3, -0.25) is 18.7 Å². The summed E-state index contributed by atoms with van der Waals surface area (Å²) in [6, 6.07) is 0. The minimum absolute atomic E-state index is 0.150. The largest absolute Gasteiger partial charge is 0.358 e. The van der Waals surface area contributed by atoms with Crippen LogP contribution in [0.1, 0.15) is 54.5 Å². The highest BCUT2D eigenvalue weighted by Crippen LogP contribution is 2.46. The molecule has 0 spiro atoms. The monoisotopic (exact) mass is 504 g/mol. The summed E-state index contributed by atoms with van der Waals surface area (Å²) in [5.74, 6) is -0.308. The molecule has 0 aliphatic carbocycles. The molecule has 1 aliphatic rings. The summed E-state index contributed by atoms with van der Waals surface area (Å²) < 4.78 is 21.3. The summed E-state index contributed by atoms with van der Waals surface area (Å²) in [5, 5.41) is 5.18. The highest BCUT2D eigenvalue weighted by Gasteiger charge is 2.23. The SMILES string of the molecule is C/C=C/CS(O)(O)C1/C=C/C(=C/c2[nH]c(C)c(C(=O)NCCN(CC)CC)c2C)C(=O)N/C=C/C1. The standard InChI is InChI=1S/C26H40N4O4S/c1-6-9-17-35(33,34)22-11-10-14-27-25(31)21(12-13-22)18-23-19(4)24(20(5)29-23)26(32)28-15-16-30(7-2)8-3/h6,9-10,12-14,18,22,29,33-34H,7-8,11,15-17H2,1-5H3,(H,27,31)(H,28,32)/b9-6+,13-12+,14-10+,21-18-. The lowest BCUT2D eigenvalue weighted by Gasteiger charge is -2.37. The molecular formula is C26H40N4O4S. The molecule has 194 valence electrons. The number of aromatic amines is 1. The summed E-state index contributed by atoms with van der Waals surface area (Å²) in [6.07, 6.45) is 12.2. The Morgan fingerprint density at radius 1 is 1.29 bits per heavy atom. The van der Waals surface area contributed by atoms with Gasteiger partial charge in [0.25, 0.3) is 11.8 Å². The zero-order chi connectivity index (χ0) is 26.0. The zero-order valence-corrected chi connectivity index (χ0v) is 22.2. The summed E-state index contributed by atoms with van der Waals surface area (Å²) in [7, 11) is -2.91. The van der Waals surface area contributed by atoms with Crippen LogP contribution in [0.3, 0.4) is 0 Å². The van der Waals surface area contributed by atoms with Gasteiger partial charge in [-0.1, -0.05) is 44.2 Å². The van der Waals surface area contributed by atoms with Crippen LogP contribution in [0.15, 0.2) is 42.2 Å². The number of aryl methyl sites for hydroxylation is 1. The van der Waals surface area contributed by atoms with E-state index in [0.717, 1.165) is 30.9 Å². The first-order valence-corrected chi connectivity index (χ1v) is 13.8. The van der Waals surface area contributed by atoms with Crippen molar-refractivity contribution in [2.24, 2.45) is 0 Å². The lowest BCUT2D eigenvalue weighted by molar-refractivity contribution is -0.116. The van der Waals surface area contributed by atoms with Crippen LogP contribution >= 0.6 is 10.6 Å².